The molecule has 0 amide bonds. The van der Waals surface area contributed by atoms with Crippen LogP contribution in [0.25, 0.3) is 0 Å². The Labute approximate surface area is 184 Å². The Morgan fingerprint density at radius 1 is 1.19 bits per heavy atom. The third-order valence-electron chi connectivity index (χ3n) is 5.18. The zero-order valence-corrected chi connectivity index (χ0v) is 18.9. The molecule has 0 unspecified atom stereocenters. The van der Waals surface area contributed by atoms with Crippen LogP contribution in [-0.2, 0) is 17.8 Å². The highest BCUT2D eigenvalue weighted by Crippen LogP contribution is 2.25. The average molecular weight is 428 g/mol. The standard InChI is InChI=1S/C23H33N5O3/c1-5-24-23(27(2)17-19-8-9-20(29-3)15-21(19)30-4)26-16-18-7-6-10-25-22(18)28-11-13-31-14-12-28/h6-10,15H,5,11-14,16-17H2,1-4H3,(H,24,26). The van der Waals surface area contributed by atoms with Gasteiger partial charge in [0.1, 0.15) is 17.3 Å². The minimum Gasteiger partial charge on any atom is -0.497 e. The highest BCUT2D eigenvalue weighted by atomic mass is 16.5. The molecular weight excluding hydrogens is 394 g/mol. The summed E-state index contributed by atoms with van der Waals surface area (Å²) in [6, 6.07) is 9.93. The van der Waals surface area contributed by atoms with Crippen LogP contribution in [-0.4, -0.2) is 70.0 Å². The second-order valence-corrected chi connectivity index (χ2v) is 7.29. The summed E-state index contributed by atoms with van der Waals surface area (Å²) in [4.78, 5) is 13.9. The van der Waals surface area contributed by atoms with E-state index in [9.17, 15) is 0 Å². The van der Waals surface area contributed by atoms with Gasteiger partial charge in [-0.1, -0.05) is 6.07 Å². The summed E-state index contributed by atoms with van der Waals surface area (Å²) in [5.41, 5.74) is 2.17. The summed E-state index contributed by atoms with van der Waals surface area (Å²) in [6.07, 6.45) is 1.84. The van der Waals surface area contributed by atoms with Crippen LogP contribution in [0.15, 0.2) is 41.5 Å². The number of anilines is 1. The highest BCUT2D eigenvalue weighted by molar-refractivity contribution is 5.79. The van der Waals surface area contributed by atoms with Gasteiger partial charge < -0.3 is 29.3 Å². The predicted molar refractivity (Wildman–Crippen MR) is 123 cm³/mol. The van der Waals surface area contributed by atoms with E-state index in [4.69, 9.17) is 19.2 Å². The number of aromatic nitrogens is 1. The Kier molecular flexibility index (Phi) is 8.35. The Bertz CT molecular complexity index is 868. The molecule has 0 bridgehead atoms. The van der Waals surface area contributed by atoms with Crippen molar-refractivity contribution in [2.75, 3.05) is 59.0 Å². The van der Waals surface area contributed by atoms with Crippen LogP contribution in [0.1, 0.15) is 18.1 Å². The second kappa shape index (κ2) is 11.4. The average Bonchev–Trinajstić information content (AvgIpc) is 2.82. The van der Waals surface area contributed by atoms with Crippen molar-refractivity contribution in [3.8, 4) is 11.5 Å². The van der Waals surface area contributed by atoms with Crippen LogP contribution in [0.2, 0.25) is 0 Å². The van der Waals surface area contributed by atoms with E-state index in [0.29, 0.717) is 13.1 Å². The van der Waals surface area contributed by atoms with Gasteiger partial charge in [-0.2, -0.15) is 0 Å². The van der Waals surface area contributed by atoms with Crippen LogP contribution in [0.4, 0.5) is 5.82 Å². The van der Waals surface area contributed by atoms with E-state index < -0.39 is 0 Å². The fraction of sp³-hybridized carbons (Fsp3) is 0.478. The highest BCUT2D eigenvalue weighted by Gasteiger charge is 2.16. The van der Waals surface area contributed by atoms with Gasteiger partial charge in [0.25, 0.3) is 0 Å². The fourth-order valence-corrected chi connectivity index (χ4v) is 3.56. The molecule has 1 aromatic heterocycles. The first-order valence-electron chi connectivity index (χ1n) is 10.6. The van der Waals surface area contributed by atoms with Crippen molar-refractivity contribution in [2.24, 2.45) is 4.99 Å². The lowest BCUT2D eigenvalue weighted by Crippen LogP contribution is -2.39. The molecular formula is C23H33N5O3. The van der Waals surface area contributed by atoms with E-state index in [1.807, 2.05) is 37.5 Å². The van der Waals surface area contributed by atoms with Crippen LogP contribution < -0.4 is 19.7 Å². The number of nitrogens with one attached hydrogen (secondary N) is 1. The first-order chi connectivity index (χ1) is 15.2. The number of ether oxygens (including phenoxy) is 3. The van der Waals surface area contributed by atoms with Crippen molar-refractivity contribution in [2.45, 2.75) is 20.0 Å². The summed E-state index contributed by atoms with van der Waals surface area (Å²) in [5, 5.41) is 3.39. The molecule has 0 radical (unpaired) electrons. The van der Waals surface area contributed by atoms with E-state index in [-0.39, 0.29) is 0 Å². The van der Waals surface area contributed by atoms with E-state index in [1.165, 1.54) is 0 Å². The molecule has 8 nitrogen and oxygen atoms in total. The molecule has 0 saturated carbocycles. The van der Waals surface area contributed by atoms with Gasteiger partial charge in [-0.05, 0) is 25.1 Å². The minimum absolute atomic E-state index is 0.549. The topological polar surface area (TPSA) is 71.5 Å². The third-order valence-corrected chi connectivity index (χ3v) is 5.18. The molecule has 2 aromatic rings. The number of morpholine rings is 1. The molecule has 1 aromatic carbocycles. The fourth-order valence-electron chi connectivity index (χ4n) is 3.56. The van der Waals surface area contributed by atoms with Gasteiger partial charge in [-0.3, -0.25) is 0 Å². The largest absolute Gasteiger partial charge is 0.497 e. The van der Waals surface area contributed by atoms with E-state index in [1.54, 1.807) is 14.2 Å². The molecule has 168 valence electrons. The van der Waals surface area contributed by atoms with Gasteiger partial charge in [0.2, 0.25) is 0 Å². The lowest BCUT2D eigenvalue weighted by molar-refractivity contribution is 0.122. The van der Waals surface area contributed by atoms with Crippen molar-refractivity contribution < 1.29 is 14.2 Å². The van der Waals surface area contributed by atoms with Gasteiger partial charge in [-0.25, -0.2) is 9.98 Å². The Morgan fingerprint density at radius 3 is 2.71 bits per heavy atom. The maximum atomic E-state index is 5.55. The number of guanidine groups is 1. The summed E-state index contributed by atoms with van der Waals surface area (Å²) >= 11 is 0. The summed E-state index contributed by atoms with van der Waals surface area (Å²) in [5.74, 6) is 3.39. The number of rotatable bonds is 8. The van der Waals surface area contributed by atoms with Crippen molar-refractivity contribution in [3.05, 3.63) is 47.7 Å². The monoisotopic (exact) mass is 427 g/mol. The molecule has 0 spiro atoms. The molecule has 1 aliphatic heterocycles. The van der Waals surface area contributed by atoms with Crippen LogP contribution in [0.3, 0.4) is 0 Å². The normalized spacial score (nSPS) is 14.3. The zero-order chi connectivity index (χ0) is 22.1. The second-order valence-electron chi connectivity index (χ2n) is 7.29. The molecule has 8 heteroatoms. The van der Waals surface area contributed by atoms with Crippen LogP contribution >= 0.6 is 0 Å². The number of hydrogen-bond acceptors (Lipinski definition) is 6. The Morgan fingerprint density at radius 2 is 2.00 bits per heavy atom. The minimum atomic E-state index is 0.549. The maximum absolute atomic E-state index is 5.55. The number of methoxy groups -OCH3 is 2. The van der Waals surface area contributed by atoms with Crippen molar-refractivity contribution in [1.82, 2.24) is 15.2 Å². The van der Waals surface area contributed by atoms with E-state index >= 15 is 0 Å². The number of hydrogen-bond donors (Lipinski definition) is 1. The van der Waals surface area contributed by atoms with Crippen molar-refractivity contribution in [3.63, 3.8) is 0 Å². The van der Waals surface area contributed by atoms with Gasteiger partial charge in [-0.15, -0.1) is 0 Å². The SMILES string of the molecule is CCNC(=NCc1cccnc1N1CCOCC1)N(C)Cc1ccc(OC)cc1OC. The molecule has 0 aliphatic carbocycles. The van der Waals surface area contributed by atoms with Gasteiger partial charge in [0, 0.05) is 56.6 Å². The lowest BCUT2D eigenvalue weighted by Gasteiger charge is -2.29. The molecule has 1 saturated heterocycles. The van der Waals surface area contributed by atoms with Gasteiger partial charge >= 0.3 is 0 Å². The number of benzene rings is 1. The van der Waals surface area contributed by atoms with Crippen molar-refractivity contribution >= 4 is 11.8 Å². The zero-order valence-electron chi connectivity index (χ0n) is 18.9. The first kappa shape index (κ1) is 22.7. The van der Waals surface area contributed by atoms with E-state index in [2.05, 4.69) is 33.1 Å². The third kappa shape index (κ3) is 6.01. The molecule has 1 N–H and O–H groups in total. The van der Waals surface area contributed by atoms with Gasteiger partial charge in [0.15, 0.2) is 5.96 Å². The lowest BCUT2D eigenvalue weighted by atomic mass is 10.2. The number of pyridine rings is 1. The quantitative estimate of drug-likeness (QED) is 0.513. The number of nitrogens with zero attached hydrogens (tertiary/aromatic N) is 4. The first-order valence-corrected chi connectivity index (χ1v) is 10.6. The van der Waals surface area contributed by atoms with Crippen LogP contribution in [0, 0.1) is 0 Å². The molecule has 1 fully saturated rings. The van der Waals surface area contributed by atoms with E-state index in [0.717, 1.165) is 67.3 Å². The summed E-state index contributed by atoms with van der Waals surface area (Å²) in [6.45, 7) is 7.22. The Balaban J connectivity index is 1.76. The maximum Gasteiger partial charge on any atom is 0.194 e. The molecule has 1 aliphatic rings. The molecule has 2 heterocycles. The molecule has 0 atom stereocenters. The summed E-state index contributed by atoms with van der Waals surface area (Å²) < 4.78 is 16.3. The molecule has 31 heavy (non-hydrogen) atoms. The predicted octanol–water partition coefficient (Wildman–Crippen LogP) is 2.53. The van der Waals surface area contributed by atoms with Gasteiger partial charge in [0.05, 0.1) is 34.0 Å². The smallest absolute Gasteiger partial charge is 0.194 e. The molecule has 3 rings (SSSR count). The van der Waals surface area contributed by atoms with Crippen molar-refractivity contribution in [1.29, 1.82) is 0 Å². The Hall–Kier alpha value is -3.00. The van der Waals surface area contributed by atoms with Crippen LogP contribution in [0.5, 0.6) is 11.5 Å². The summed E-state index contributed by atoms with van der Waals surface area (Å²) in [7, 11) is 5.35. The number of aliphatic imine (C=N–C) groups is 1.